The molecule has 0 saturated heterocycles. The van der Waals surface area contributed by atoms with Gasteiger partial charge in [0.15, 0.2) is 0 Å². The van der Waals surface area contributed by atoms with Crippen LogP contribution < -0.4 is 40.0 Å². The number of nitrogens with one attached hydrogen (secondary N) is 1. The van der Waals surface area contributed by atoms with E-state index < -0.39 is 17.7 Å². The van der Waals surface area contributed by atoms with Crippen molar-refractivity contribution in [3.63, 3.8) is 0 Å². The van der Waals surface area contributed by atoms with Gasteiger partial charge in [-0.1, -0.05) is 20.8 Å². The summed E-state index contributed by atoms with van der Waals surface area (Å²) in [5.74, 6) is -1.15. The number of carbonyl (C=O) groups is 1. The molecule has 0 saturated carbocycles. The van der Waals surface area contributed by atoms with Gasteiger partial charge in [-0.15, -0.1) is 0 Å². The zero-order chi connectivity index (χ0) is 11.4. The number of aliphatic hydroxyl groups is 1. The normalized spacial score (nSPS) is 18.5. The second-order valence-electron chi connectivity index (χ2n) is 3.95. The summed E-state index contributed by atoms with van der Waals surface area (Å²) in [6.07, 6.45) is 0.368. The number of hydrogen-bond acceptors (Lipinski definition) is 4. The van der Waals surface area contributed by atoms with Crippen LogP contribution in [0.15, 0.2) is 0 Å². The summed E-state index contributed by atoms with van der Waals surface area (Å²) in [7, 11) is 0. The Bertz CT molecular complexity index is 201. The number of hydrogen-bond donors (Lipinski definition) is 2. The van der Waals surface area contributed by atoms with E-state index >= 15 is 0 Å². The van der Waals surface area contributed by atoms with Gasteiger partial charge < -0.3 is 15.0 Å². The molecule has 0 rings (SSSR count). The first-order chi connectivity index (χ1) is 6.37. The number of carboxylic acids is 1. The molecule has 0 spiro atoms. The van der Waals surface area contributed by atoms with Crippen LogP contribution in [0.3, 0.4) is 0 Å². The van der Waals surface area contributed by atoms with Crippen molar-refractivity contribution in [1.82, 2.24) is 5.32 Å². The first-order valence-corrected chi connectivity index (χ1v) is 5.04. The molecule has 0 aliphatic rings. The summed E-state index contributed by atoms with van der Waals surface area (Å²) in [5, 5.41) is 23.1. The van der Waals surface area contributed by atoms with Gasteiger partial charge in [0.1, 0.15) is 6.23 Å². The largest absolute Gasteiger partial charge is 1.00 e. The monoisotopic (exact) mass is 225 g/mol. The summed E-state index contributed by atoms with van der Waals surface area (Å²) in [4.78, 5) is 10.8. The molecular formula is C10H20NNaO3. The number of aliphatic carboxylic acids is 1. The van der Waals surface area contributed by atoms with Gasteiger partial charge in [0, 0.05) is 0 Å². The third-order valence-electron chi connectivity index (χ3n) is 2.81. The molecule has 2 N–H and O–H groups in total. The Labute approximate surface area is 114 Å². The van der Waals surface area contributed by atoms with Gasteiger partial charge in [0.2, 0.25) is 0 Å². The van der Waals surface area contributed by atoms with Crippen LogP contribution >= 0.6 is 0 Å². The Hall–Kier alpha value is 0.390. The molecule has 0 radical (unpaired) electrons. The Kier molecular flexibility index (Phi) is 9.04. The minimum absolute atomic E-state index is 0. The SMILES string of the molecule is CCC(C)C(O)NC(C)(CC)C(=O)[O-].[Na+]. The maximum absolute atomic E-state index is 10.8. The fourth-order valence-corrected chi connectivity index (χ4v) is 0.997. The van der Waals surface area contributed by atoms with Crippen LogP contribution in [0.2, 0.25) is 0 Å². The number of carbonyl (C=O) groups excluding carboxylic acids is 1. The third-order valence-corrected chi connectivity index (χ3v) is 2.81. The van der Waals surface area contributed by atoms with Crippen LogP contribution in [0.5, 0.6) is 0 Å². The molecule has 0 aliphatic carbocycles. The molecule has 84 valence electrons. The van der Waals surface area contributed by atoms with Crippen molar-refractivity contribution in [2.45, 2.75) is 52.3 Å². The molecule has 0 aromatic carbocycles. The predicted octanol–water partition coefficient (Wildman–Crippen LogP) is -3.14. The standard InChI is InChI=1S/C10H21NO3.Na/c1-5-7(3)8(12)11-10(4,6-2)9(13)14;/h7-8,11-12H,5-6H2,1-4H3,(H,13,14);/q;+1/p-1. The first-order valence-electron chi connectivity index (χ1n) is 5.04. The molecule has 4 nitrogen and oxygen atoms in total. The maximum atomic E-state index is 10.8. The molecular weight excluding hydrogens is 205 g/mol. The van der Waals surface area contributed by atoms with Crippen LogP contribution in [0, 0.1) is 5.92 Å². The Morgan fingerprint density at radius 3 is 2.27 bits per heavy atom. The van der Waals surface area contributed by atoms with Crippen LogP contribution in [0.4, 0.5) is 0 Å². The summed E-state index contributed by atoms with van der Waals surface area (Å²) in [6, 6.07) is 0. The van der Waals surface area contributed by atoms with E-state index in [4.69, 9.17) is 0 Å². The first kappa shape index (κ1) is 17.8. The molecule has 0 aromatic heterocycles. The van der Waals surface area contributed by atoms with Crippen molar-refractivity contribution in [2.75, 3.05) is 0 Å². The second kappa shape index (κ2) is 7.63. The summed E-state index contributed by atoms with van der Waals surface area (Å²) in [5.41, 5.74) is -1.15. The van der Waals surface area contributed by atoms with Crippen LogP contribution in [0.25, 0.3) is 0 Å². The van der Waals surface area contributed by atoms with E-state index in [9.17, 15) is 15.0 Å². The smallest absolute Gasteiger partial charge is 0.548 e. The van der Waals surface area contributed by atoms with Gasteiger partial charge in [-0.25, -0.2) is 0 Å². The van der Waals surface area contributed by atoms with Crippen LogP contribution in [0.1, 0.15) is 40.5 Å². The van der Waals surface area contributed by atoms with Crippen molar-refractivity contribution in [3.05, 3.63) is 0 Å². The van der Waals surface area contributed by atoms with Gasteiger partial charge in [-0.3, -0.25) is 5.32 Å². The average Bonchev–Trinajstić information content (AvgIpc) is 2.15. The van der Waals surface area contributed by atoms with Gasteiger partial charge >= 0.3 is 29.6 Å². The van der Waals surface area contributed by atoms with E-state index in [1.54, 1.807) is 6.92 Å². The predicted molar refractivity (Wildman–Crippen MR) is 52.3 cm³/mol. The minimum Gasteiger partial charge on any atom is -0.548 e. The Balaban J connectivity index is 0. The van der Waals surface area contributed by atoms with E-state index in [0.29, 0.717) is 6.42 Å². The fourth-order valence-electron chi connectivity index (χ4n) is 0.997. The Morgan fingerprint density at radius 2 is 2.00 bits per heavy atom. The van der Waals surface area contributed by atoms with Gasteiger partial charge in [-0.2, -0.15) is 0 Å². The molecule has 0 heterocycles. The maximum Gasteiger partial charge on any atom is 1.00 e. The van der Waals surface area contributed by atoms with E-state index in [-0.39, 0.29) is 35.5 Å². The molecule has 3 atom stereocenters. The molecule has 0 fully saturated rings. The topological polar surface area (TPSA) is 72.4 Å². The summed E-state index contributed by atoms with van der Waals surface area (Å²) < 4.78 is 0. The summed E-state index contributed by atoms with van der Waals surface area (Å²) in [6.45, 7) is 7.07. The van der Waals surface area contributed by atoms with Gasteiger partial charge in [0.25, 0.3) is 0 Å². The van der Waals surface area contributed by atoms with Crippen molar-refractivity contribution in [2.24, 2.45) is 5.92 Å². The molecule has 0 bridgehead atoms. The molecule has 15 heavy (non-hydrogen) atoms. The fraction of sp³-hybridized carbons (Fsp3) is 0.900. The number of rotatable bonds is 6. The number of carboxylic acid groups (broad SMARTS) is 1. The second-order valence-corrected chi connectivity index (χ2v) is 3.95. The molecule has 5 heteroatoms. The minimum atomic E-state index is -1.18. The van der Waals surface area contributed by atoms with Crippen molar-refractivity contribution < 1.29 is 44.6 Å². The van der Waals surface area contributed by atoms with Crippen LogP contribution in [-0.4, -0.2) is 22.8 Å². The van der Waals surface area contributed by atoms with Crippen molar-refractivity contribution in [1.29, 1.82) is 0 Å². The van der Waals surface area contributed by atoms with Gasteiger partial charge in [-0.05, 0) is 25.7 Å². The molecule has 0 amide bonds. The summed E-state index contributed by atoms with van der Waals surface area (Å²) >= 11 is 0. The van der Waals surface area contributed by atoms with E-state index in [0.717, 1.165) is 6.42 Å². The van der Waals surface area contributed by atoms with Crippen LogP contribution in [-0.2, 0) is 4.79 Å². The van der Waals surface area contributed by atoms with E-state index in [2.05, 4.69) is 5.32 Å². The zero-order valence-corrected chi connectivity index (χ0v) is 12.3. The molecule has 3 unspecified atom stereocenters. The Morgan fingerprint density at radius 1 is 1.53 bits per heavy atom. The third kappa shape index (κ3) is 5.31. The molecule has 0 aromatic rings. The zero-order valence-electron chi connectivity index (χ0n) is 10.3. The van der Waals surface area contributed by atoms with Gasteiger partial charge in [0.05, 0.1) is 11.5 Å². The average molecular weight is 225 g/mol. The van der Waals surface area contributed by atoms with Crippen molar-refractivity contribution in [3.8, 4) is 0 Å². The molecule has 0 aliphatic heterocycles. The van der Waals surface area contributed by atoms with Crippen molar-refractivity contribution >= 4 is 5.97 Å². The van der Waals surface area contributed by atoms with E-state index in [1.807, 2.05) is 13.8 Å². The number of aliphatic hydroxyl groups excluding tert-OH is 1. The van der Waals surface area contributed by atoms with E-state index in [1.165, 1.54) is 6.92 Å². The quantitative estimate of drug-likeness (QED) is 0.370.